The largest absolute Gasteiger partial charge is 0.469 e. The second-order valence-corrected chi connectivity index (χ2v) is 7.31. The lowest BCUT2D eigenvalue weighted by atomic mass is 10.2. The Morgan fingerprint density at radius 1 is 1.29 bits per heavy atom. The molecule has 10 heteroatoms. The molecule has 0 aromatic carbocycles. The van der Waals surface area contributed by atoms with Crippen molar-refractivity contribution in [2.45, 2.75) is 32.5 Å². The van der Waals surface area contributed by atoms with Gasteiger partial charge in [0.25, 0.3) is 0 Å². The highest BCUT2D eigenvalue weighted by Gasteiger charge is 2.29. The van der Waals surface area contributed by atoms with Crippen molar-refractivity contribution in [2.75, 3.05) is 37.7 Å². The van der Waals surface area contributed by atoms with Crippen molar-refractivity contribution in [3.63, 3.8) is 0 Å². The number of aromatic nitrogens is 3. The lowest BCUT2D eigenvalue weighted by molar-refractivity contribution is -0.389. The van der Waals surface area contributed by atoms with Crippen LogP contribution in [0.15, 0.2) is 24.5 Å². The van der Waals surface area contributed by atoms with Crippen LogP contribution in [0.4, 0.5) is 11.5 Å². The molecule has 10 nitrogen and oxygen atoms in total. The number of hydrogen-bond acceptors (Lipinski definition) is 8. The number of hydrogen-bond donors (Lipinski definition) is 0. The average Bonchev–Trinajstić information content (AvgIpc) is 3.12. The maximum Gasteiger partial charge on any atom is 0.414 e. The van der Waals surface area contributed by atoms with E-state index in [1.807, 2.05) is 18.3 Å². The summed E-state index contributed by atoms with van der Waals surface area (Å²) in [5, 5.41) is 10.8. The molecule has 0 saturated carbocycles. The molecule has 4 rings (SSSR count). The summed E-state index contributed by atoms with van der Waals surface area (Å²) in [7, 11) is 0. The van der Waals surface area contributed by atoms with E-state index in [9.17, 15) is 10.1 Å². The number of nitrogens with zero attached hydrogens (tertiary/aromatic N) is 6. The second-order valence-electron chi connectivity index (χ2n) is 7.31. The molecule has 2 aromatic rings. The molecule has 0 unspecified atom stereocenters. The van der Waals surface area contributed by atoms with E-state index in [4.69, 9.17) is 9.47 Å². The van der Waals surface area contributed by atoms with E-state index in [1.54, 1.807) is 4.57 Å². The summed E-state index contributed by atoms with van der Waals surface area (Å²) in [6, 6.07) is 4.70. The molecule has 4 heterocycles. The van der Waals surface area contributed by atoms with E-state index in [-0.39, 0.29) is 24.5 Å². The fraction of sp³-hybridized carbons (Fsp3) is 0.556. The Labute approximate surface area is 162 Å². The molecule has 0 bridgehead atoms. The molecule has 28 heavy (non-hydrogen) atoms. The SMILES string of the molecule is CC(C)N1CCN(c2ccc(O[C@@H]3COc4nc([N+](=O)[O-])cn4C3)nc2)CC1. The zero-order chi connectivity index (χ0) is 19.7. The summed E-state index contributed by atoms with van der Waals surface area (Å²) in [4.78, 5) is 23.4. The Kier molecular flexibility index (Phi) is 5.03. The van der Waals surface area contributed by atoms with E-state index < -0.39 is 4.92 Å². The number of pyridine rings is 1. The molecular formula is C18H24N6O4. The van der Waals surface area contributed by atoms with Gasteiger partial charge in [0.2, 0.25) is 5.88 Å². The van der Waals surface area contributed by atoms with Crippen LogP contribution < -0.4 is 14.4 Å². The minimum atomic E-state index is -0.536. The van der Waals surface area contributed by atoms with E-state index in [0.717, 1.165) is 31.9 Å². The minimum absolute atomic E-state index is 0.226. The van der Waals surface area contributed by atoms with Crippen molar-refractivity contribution in [3.8, 4) is 11.9 Å². The highest BCUT2D eigenvalue weighted by atomic mass is 16.6. The Morgan fingerprint density at radius 3 is 2.71 bits per heavy atom. The van der Waals surface area contributed by atoms with Crippen LogP contribution in [0.1, 0.15) is 13.8 Å². The van der Waals surface area contributed by atoms with Crippen molar-refractivity contribution in [1.82, 2.24) is 19.4 Å². The van der Waals surface area contributed by atoms with Crippen molar-refractivity contribution < 1.29 is 14.4 Å². The first-order valence-corrected chi connectivity index (χ1v) is 9.45. The van der Waals surface area contributed by atoms with Gasteiger partial charge in [-0.2, -0.15) is 0 Å². The van der Waals surface area contributed by atoms with Crippen molar-refractivity contribution in [1.29, 1.82) is 0 Å². The maximum atomic E-state index is 10.8. The van der Waals surface area contributed by atoms with Gasteiger partial charge in [0.05, 0.1) is 18.4 Å². The van der Waals surface area contributed by atoms with Crippen molar-refractivity contribution in [2.24, 2.45) is 0 Å². The fourth-order valence-electron chi connectivity index (χ4n) is 3.53. The molecule has 0 aliphatic carbocycles. The molecule has 1 atom stereocenters. The summed E-state index contributed by atoms with van der Waals surface area (Å²) < 4.78 is 13.0. The Bertz CT molecular complexity index is 829. The quantitative estimate of drug-likeness (QED) is 0.562. The van der Waals surface area contributed by atoms with Crippen LogP contribution in [0.3, 0.4) is 0 Å². The summed E-state index contributed by atoms with van der Waals surface area (Å²) >= 11 is 0. The average molecular weight is 388 g/mol. The van der Waals surface area contributed by atoms with Gasteiger partial charge in [0.15, 0.2) is 6.10 Å². The van der Waals surface area contributed by atoms with Gasteiger partial charge >= 0.3 is 11.8 Å². The first-order valence-electron chi connectivity index (χ1n) is 9.45. The number of nitro groups is 1. The van der Waals surface area contributed by atoms with Crippen LogP contribution in [0.2, 0.25) is 0 Å². The first-order chi connectivity index (χ1) is 13.5. The predicted octanol–water partition coefficient (Wildman–Crippen LogP) is 1.56. The molecular weight excluding hydrogens is 364 g/mol. The summed E-state index contributed by atoms with van der Waals surface area (Å²) in [6.07, 6.45) is 2.91. The summed E-state index contributed by atoms with van der Waals surface area (Å²) in [5.41, 5.74) is 1.09. The second kappa shape index (κ2) is 7.63. The van der Waals surface area contributed by atoms with E-state index in [2.05, 4.69) is 33.6 Å². The molecule has 2 aliphatic heterocycles. The van der Waals surface area contributed by atoms with Crippen molar-refractivity contribution >= 4 is 11.5 Å². The smallest absolute Gasteiger partial charge is 0.414 e. The third-order valence-electron chi connectivity index (χ3n) is 5.13. The summed E-state index contributed by atoms with van der Waals surface area (Å²) in [5.74, 6) is 0.284. The number of rotatable bonds is 5. The summed E-state index contributed by atoms with van der Waals surface area (Å²) in [6.45, 7) is 9.22. The molecule has 0 spiro atoms. The Balaban J connectivity index is 1.34. The van der Waals surface area contributed by atoms with Crippen LogP contribution >= 0.6 is 0 Å². The van der Waals surface area contributed by atoms with Gasteiger partial charge in [-0.25, -0.2) is 4.98 Å². The van der Waals surface area contributed by atoms with E-state index >= 15 is 0 Å². The first kappa shape index (κ1) is 18.5. The van der Waals surface area contributed by atoms with Gasteiger partial charge in [-0.1, -0.05) is 0 Å². The number of ether oxygens (including phenoxy) is 2. The van der Waals surface area contributed by atoms with Crippen molar-refractivity contribution in [3.05, 3.63) is 34.6 Å². The van der Waals surface area contributed by atoms with Gasteiger partial charge in [0.1, 0.15) is 12.8 Å². The molecule has 1 fully saturated rings. The van der Waals surface area contributed by atoms with Gasteiger partial charge in [-0.05, 0) is 24.8 Å². The van der Waals surface area contributed by atoms with Crippen LogP contribution in [0.5, 0.6) is 11.9 Å². The fourth-order valence-corrected chi connectivity index (χ4v) is 3.53. The van der Waals surface area contributed by atoms with Gasteiger partial charge in [0, 0.05) is 43.3 Å². The molecule has 150 valence electrons. The molecule has 0 N–H and O–H groups in total. The Hall–Kier alpha value is -2.88. The standard InChI is InChI=1S/C18H24N6O4/c1-13(2)21-5-7-22(8-6-21)14-3-4-17(19-9-14)28-15-10-23-11-16(24(25)26)20-18(23)27-12-15/h3-4,9,11,13,15H,5-8,10,12H2,1-2H3/t15-/m0/s1. The van der Waals surface area contributed by atoms with Gasteiger partial charge < -0.3 is 24.5 Å². The monoisotopic (exact) mass is 388 g/mol. The third kappa shape index (κ3) is 3.86. The van der Waals surface area contributed by atoms with E-state index in [0.29, 0.717) is 18.5 Å². The van der Waals surface area contributed by atoms with Gasteiger partial charge in [-0.3, -0.25) is 9.47 Å². The Morgan fingerprint density at radius 2 is 2.07 bits per heavy atom. The van der Waals surface area contributed by atoms with Crippen LogP contribution in [0.25, 0.3) is 0 Å². The van der Waals surface area contributed by atoms with Crippen LogP contribution in [0, 0.1) is 10.1 Å². The zero-order valence-corrected chi connectivity index (χ0v) is 16.0. The molecule has 1 saturated heterocycles. The predicted molar refractivity (Wildman–Crippen MR) is 102 cm³/mol. The third-order valence-corrected chi connectivity index (χ3v) is 5.13. The molecule has 2 aliphatic rings. The molecule has 0 radical (unpaired) electrons. The van der Waals surface area contributed by atoms with Crippen LogP contribution in [-0.4, -0.2) is 69.3 Å². The number of anilines is 1. The highest BCUT2D eigenvalue weighted by molar-refractivity contribution is 5.46. The maximum absolute atomic E-state index is 10.8. The lowest BCUT2D eigenvalue weighted by Crippen LogP contribution is -2.48. The molecule has 0 amide bonds. The zero-order valence-electron chi connectivity index (χ0n) is 16.0. The normalized spacial score (nSPS) is 20.0. The lowest BCUT2D eigenvalue weighted by Gasteiger charge is -2.38. The van der Waals surface area contributed by atoms with Gasteiger partial charge in [-0.15, -0.1) is 0 Å². The topological polar surface area (TPSA) is 98.8 Å². The van der Waals surface area contributed by atoms with E-state index in [1.165, 1.54) is 6.20 Å². The minimum Gasteiger partial charge on any atom is -0.469 e. The molecule has 2 aromatic heterocycles. The number of piperazine rings is 1. The number of fused-ring (bicyclic) bond motifs is 1. The number of imidazole rings is 1. The highest BCUT2D eigenvalue weighted by Crippen LogP contribution is 2.24. The van der Waals surface area contributed by atoms with Crippen LogP contribution in [-0.2, 0) is 6.54 Å².